The van der Waals surface area contributed by atoms with Gasteiger partial charge in [0.1, 0.15) is 24.5 Å². The second kappa shape index (κ2) is 8.10. The van der Waals surface area contributed by atoms with E-state index in [9.17, 15) is 0 Å². The van der Waals surface area contributed by atoms with Crippen molar-refractivity contribution < 1.29 is 4.58 Å². The van der Waals surface area contributed by atoms with Crippen molar-refractivity contribution in [3.05, 3.63) is 99.3 Å². The Hall–Kier alpha value is -2.87. The Bertz CT molecular complexity index is 1070. The molecule has 1 unspecified atom stereocenters. The molecule has 4 rings (SSSR count). The smallest absolute Gasteiger partial charge is 0.232 e. The fourth-order valence-electron chi connectivity index (χ4n) is 5.28. The molecule has 2 aromatic carbocycles. The minimum absolute atomic E-state index is 0.274. The van der Waals surface area contributed by atoms with Crippen LogP contribution >= 0.6 is 0 Å². The molecule has 2 aliphatic rings. The van der Waals surface area contributed by atoms with Gasteiger partial charge in [0, 0.05) is 0 Å². The summed E-state index contributed by atoms with van der Waals surface area (Å²) in [6.07, 6.45) is 7.01. The maximum atomic E-state index is 2.48. The molecule has 0 radical (unpaired) electrons. The molecule has 0 saturated carbocycles. The zero-order valence-corrected chi connectivity index (χ0v) is 19.2. The van der Waals surface area contributed by atoms with Crippen molar-refractivity contribution in [2.24, 2.45) is 0 Å². The average Bonchev–Trinajstić information content (AvgIpc) is 3.10. The Labute approximate surface area is 181 Å². The third-order valence-electron chi connectivity index (χ3n) is 6.26. The van der Waals surface area contributed by atoms with Gasteiger partial charge in [-0.1, -0.05) is 71.3 Å². The standard InChI is InChI=1S/C28H33N2/c1-19-14-21(3)26(25-10-8-7-9-11-25)28(24(6)17-19)30-13-12-29(18-30)27-22(4)15-20(2)16-23(27)5/h7-11,14-18,26H,12-13H2,1-6H3/q+1. The lowest BCUT2D eigenvalue weighted by Gasteiger charge is -2.24. The maximum Gasteiger partial charge on any atom is 0.244 e. The normalized spacial score (nSPS) is 19.5. The monoisotopic (exact) mass is 397 g/mol. The predicted molar refractivity (Wildman–Crippen MR) is 128 cm³/mol. The van der Waals surface area contributed by atoms with E-state index in [0.29, 0.717) is 0 Å². The minimum atomic E-state index is 0.274. The van der Waals surface area contributed by atoms with Gasteiger partial charge in [-0.05, 0) is 63.8 Å². The van der Waals surface area contributed by atoms with Gasteiger partial charge >= 0.3 is 0 Å². The number of rotatable bonds is 3. The van der Waals surface area contributed by atoms with E-state index in [1.165, 1.54) is 50.4 Å². The highest BCUT2D eigenvalue weighted by molar-refractivity contribution is 5.63. The topological polar surface area (TPSA) is 6.25 Å². The van der Waals surface area contributed by atoms with Crippen LogP contribution in [0.3, 0.4) is 0 Å². The van der Waals surface area contributed by atoms with E-state index in [0.717, 1.165) is 13.1 Å². The summed E-state index contributed by atoms with van der Waals surface area (Å²) >= 11 is 0. The van der Waals surface area contributed by atoms with E-state index in [1.807, 2.05) is 0 Å². The lowest BCUT2D eigenvalue weighted by molar-refractivity contribution is -0.425. The van der Waals surface area contributed by atoms with Crippen molar-refractivity contribution in [2.45, 2.75) is 47.5 Å². The lowest BCUT2D eigenvalue weighted by Crippen LogP contribution is -2.25. The van der Waals surface area contributed by atoms with Crippen LogP contribution < -0.4 is 0 Å². The Morgan fingerprint density at radius 2 is 1.53 bits per heavy atom. The summed E-state index contributed by atoms with van der Waals surface area (Å²) in [6, 6.07) is 15.5. The Morgan fingerprint density at radius 3 is 2.20 bits per heavy atom. The SMILES string of the molecule is CC1=CC(C)=C(N2C=[N+](c3c(C)cc(C)cc3C)CC2)C(c2ccccc2)C(C)=C1. The highest BCUT2D eigenvalue weighted by Gasteiger charge is 2.34. The maximum absolute atomic E-state index is 2.48. The molecule has 2 aromatic rings. The quantitative estimate of drug-likeness (QED) is 0.531. The van der Waals surface area contributed by atoms with Gasteiger partial charge in [0.15, 0.2) is 0 Å². The molecule has 0 amide bonds. The van der Waals surface area contributed by atoms with Crippen LogP contribution in [-0.4, -0.2) is 28.9 Å². The number of benzene rings is 2. The van der Waals surface area contributed by atoms with E-state index in [1.54, 1.807) is 0 Å². The van der Waals surface area contributed by atoms with Gasteiger partial charge in [-0.3, -0.25) is 0 Å². The second-order valence-corrected chi connectivity index (χ2v) is 8.94. The van der Waals surface area contributed by atoms with E-state index >= 15 is 0 Å². The molecular weight excluding hydrogens is 364 g/mol. The van der Waals surface area contributed by atoms with Crippen LogP contribution in [0.2, 0.25) is 0 Å². The molecule has 1 atom stereocenters. The summed E-state index contributed by atoms with van der Waals surface area (Å²) in [4.78, 5) is 2.48. The highest BCUT2D eigenvalue weighted by Crippen LogP contribution is 2.39. The van der Waals surface area contributed by atoms with E-state index in [-0.39, 0.29) is 5.92 Å². The van der Waals surface area contributed by atoms with Crippen molar-refractivity contribution in [3.63, 3.8) is 0 Å². The number of hydrogen-bond donors (Lipinski definition) is 0. The summed E-state index contributed by atoms with van der Waals surface area (Å²) in [6.45, 7) is 15.4. The fraction of sp³-hybridized carbons (Fsp3) is 0.321. The van der Waals surface area contributed by atoms with Crippen LogP contribution in [0.25, 0.3) is 0 Å². The Kier molecular flexibility index (Phi) is 5.51. The summed E-state index contributed by atoms with van der Waals surface area (Å²) in [5, 5.41) is 0. The minimum Gasteiger partial charge on any atom is -0.232 e. The second-order valence-electron chi connectivity index (χ2n) is 8.94. The molecule has 154 valence electrons. The molecule has 0 spiro atoms. The first-order chi connectivity index (χ1) is 14.3. The molecule has 0 aromatic heterocycles. The summed E-state index contributed by atoms with van der Waals surface area (Å²) in [5.74, 6) is 0.274. The third-order valence-corrected chi connectivity index (χ3v) is 6.26. The Morgan fingerprint density at radius 1 is 0.867 bits per heavy atom. The molecule has 0 N–H and O–H groups in total. The molecule has 0 fully saturated rings. The van der Waals surface area contributed by atoms with Crippen LogP contribution in [0.1, 0.15) is 48.9 Å². The van der Waals surface area contributed by atoms with E-state index in [4.69, 9.17) is 0 Å². The summed E-state index contributed by atoms with van der Waals surface area (Å²) in [5.41, 5.74) is 12.2. The summed E-state index contributed by atoms with van der Waals surface area (Å²) in [7, 11) is 0. The Balaban J connectivity index is 1.81. The molecular formula is C28H33N2+. The predicted octanol–water partition coefficient (Wildman–Crippen LogP) is 6.56. The molecule has 1 aliphatic heterocycles. The van der Waals surface area contributed by atoms with Gasteiger partial charge in [-0.2, -0.15) is 0 Å². The molecule has 30 heavy (non-hydrogen) atoms. The molecule has 2 nitrogen and oxygen atoms in total. The van der Waals surface area contributed by atoms with Crippen LogP contribution in [0.4, 0.5) is 5.69 Å². The van der Waals surface area contributed by atoms with E-state index < -0.39 is 0 Å². The average molecular weight is 398 g/mol. The molecule has 0 saturated heterocycles. The van der Waals surface area contributed by atoms with Gasteiger partial charge in [-0.25, -0.2) is 9.48 Å². The lowest BCUT2D eigenvalue weighted by atomic mass is 9.87. The first-order valence-electron chi connectivity index (χ1n) is 10.9. The van der Waals surface area contributed by atoms with Gasteiger partial charge in [0.2, 0.25) is 6.34 Å². The van der Waals surface area contributed by atoms with E-state index in [2.05, 4.69) is 112 Å². The van der Waals surface area contributed by atoms with Crippen LogP contribution in [0.15, 0.2) is 77.0 Å². The fourth-order valence-corrected chi connectivity index (χ4v) is 5.28. The third kappa shape index (κ3) is 3.79. The number of nitrogens with zero attached hydrogens (tertiary/aromatic N) is 2. The first-order valence-corrected chi connectivity index (χ1v) is 10.9. The zero-order chi connectivity index (χ0) is 21.4. The van der Waals surface area contributed by atoms with Gasteiger partial charge < -0.3 is 0 Å². The van der Waals surface area contributed by atoms with Crippen molar-refractivity contribution in [1.82, 2.24) is 4.90 Å². The molecule has 0 bridgehead atoms. The number of allylic oxidation sites excluding steroid dienone is 5. The molecule has 2 heteroatoms. The van der Waals surface area contributed by atoms with Crippen LogP contribution in [0.5, 0.6) is 0 Å². The van der Waals surface area contributed by atoms with Crippen LogP contribution in [-0.2, 0) is 0 Å². The van der Waals surface area contributed by atoms with Gasteiger partial charge in [0.05, 0.1) is 5.92 Å². The molecule has 1 heterocycles. The van der Waals surface area contributed by atoms with Gasteiger partial charge in [0.25, 0.3) is 0 Å². The van der Waals surface area contributed by atoms with Crippen molar-refractivity contribution >= 4 is 12.0 Å². The van der Waals surface area contributed by atoms with Crippen LogP contribution in [0, 0.1) is 20.8 Å². The number of aryl methyl sites for hydroxylation is 3. The van der Waals surface area contributed by atoms with Crippen molar-refractivity contribution in [3.8, 4) is 0 Å². The van der Waals surface area contributed by atoms with Crippen molar-refractivity contribution in [1.29, 1.82) is 0 Å². The molecule has 1 aliphatic carbocycles. The van der Waals surface area contributed by atoms with Gasteiger partial charge in [-0.15, -0.1) is 0 Å². The largest absolute Gasteiger partial charge is 0.244 e. The zero-order valence-electron chi connectivity index (χ0n) is 19.2. The number of hydrogen-bond acceptors (Lipinski definition) is 1. The van der Waals surface area contributed by atoms with Crippen molar-refractivity contribution in [2.75, 3.05) is 13.1 Å². The highest BCUT2D eigenvalue weighted by atomic mass is 15.3. The summed E-state index contributed by atoms with van der Waals surface area (Å²) < 4.78 is 2.44. The first kappa shape index (κ1) is 20.4.